The zero-order valence-corrected chi connectivity index (χ0v) is 14.9. The van der Waals surface area contributed by atoms with Crippen LogP contribution in [0.1, 0.15) is 12.8 Å². The Morgan fingerprint density at radius 2 is 1.85 bits per heavy atom. The van der Waals surface area contributed by atoms with E-state index in [2.05, 4.69) is 9.97 Å². The predicted molar refractivity (Wildman–Crippen MR) is 93.2 cm³/mol. The highest BCUT2D eigenvalue weighted by Gasteiger charge is 2.41. The van der Waals surface area contributed by atoms with Gasteiger partial charge in [-0.1, -0.05) is 0 Å². The first-order valence-corrected chi connectivity index (χ1v) is 10.0. The number of carbonyl (C=O) groups is 1. The van der Waals surface area contributed by atoms with Gasteiger partial charge in [-0.05, 0) is 31.0 Å². The standard InChI is InChI=1S/C16H20N4O5S/c21-15(19-6-8-25-9-7-19)14-2-1-5-20(14)26(23,24)11-3-4-12-13(10-11)18-16(22)17-12/h3-4,10,14H,1-2,5-9H2,(H2,17,18,22). The maximum Gasteiger partial charge on any atom is 0.323 e. The molecule has 2 aliphatic heterocycles. The van der Waals surface area contributed by atoms with Crippen LogP contribution in [0, 0.1) is 0 Å². The smallest absolute Gasteiger partial charge is 0.323 e. The lowest BCUT2D eigenvalue weighted by atomic mass is 10.2. The fourth-order valence-electron chi connectivity index (χ4n) is 3.58. The number of nitrogens with zero attached hydrogens (tertiary/aromatic N) is 2. The van der Waals surface area contributed by atoms with Gasteiger partial charge in [0, 0.05) is 19.6 Å². The summed E-state index contributed by atoms with van der Waals surface area (Å²) in [7, 11) is -3.84. The molecule has 3 heterocycles. The van der Waals surface area contributed by atoms with Crippen molar-refractivity contribution in [1.82, 2.24) is 19.2 Å². The summed E-state index contributed by atoms with van der Waals surface area (Å²) in [5, 5.41) is 0. The average Bonchev–Trinajstić information content (AvgIpc) is 3.27. The second kappa shape index (κ2) is 6.53. The number of nitrogens with one attached hydrogen (secondary N) is 2. The fraction of sp³-hybridized carbons (Fsp3) is 0.500. The minimum atomic E-state index is -3.84. The maximum absolute atomic E-state index is 13.1. The summed E-state index contributed by atoms with van der Waals surface area (Å²) in [6, 6.07) is 3.75. The van der Waals surface area contributed by atoms with Crippen LogP contribution in [0.15, 0.2) is 27.9 Å². The van der Waals surface area contributed by atoms with E-state index >= 15 is 0 Å². The molecule has 2 N–H and O–H groups in total. The van der Waals surface area contributed by atoms with Crippen molar-refractivity contribution in [3.8, 4) is 0 Å². The minimum absolute atomic E-state index is 0.0712. The molecule has 140 valence electrons. The van der Waals surface area contributed by atoms with Crippen molar-refractivity contribution < 1.29 is 17.9 Å². The lowest BCUT2D eigenvalue weighted by molar-refractivity contribution is -0.138. The Morgan fingerprint density at radius 3 is 2.62 bits per heavy atom. The molecule has 1 aromatic heterocycles. The maximum atomic E-state index is 13.1. The number of morpholine rings is 1. The molecule has 2 saturated heterocycles. The summed E-state index contributed by atoms with van der Waals surface area (Å²) in [5.74, 6) is -0.162. The first kappa shape index (κ1) is 17.3. The normalized spacial score (nSPS) is 22.2. The molecule has 9 nitrogen and oxygen atoms in total. The number of amides is 1. The van der Waals surface area contributed by atoms with Gasteiger partial charge in [0.1, 0.15) is 6.04 Å². The van der Waals surface area contributed by atoms with E-state index in [1.54, 1.807) is 11.0 Å². The Morgan fingerprint density at radius 1 is 1.12 bits per heavy atom. The van der Waals surface area contributed by atoms with E-state index in [9.17, 15) is 18.0 Å². The molecule has 1 aromatic carbocycles. The third-order valence-corrected chi connectivity index (χ3v) is 6.81. The highest BCUT2D eigenvalue weighted by Crippen LogP contribution is 2.28. The van der Waals surface area contributed by atoms with Gasteiger partial charge in [-0.3, -0.25) is 4.79 Å². The lowest BCUT2D eigenvalue weighted by Gasteiger charge is -2.32. The number of rotatable bonds is 3. The molecule has 0 bridgehead atoms. The van der Waals surface area contributed by atoms with Crippen LogP contribution in [0.3, 0.4) is 0 Å². The van der Waals surface area contributed by atoms with Crippen LogP contribution in [0.4, 0.5) is 0 Å². The van der Waals surface area contributed by atoms with Crippen molar-refractivity contribution >= 4 is 27.0 Å². The van der Waals surface area contributed by atoms with Gasteiger partial charge in [0.05, 0.1) is 29.1 Å². The van der Waals surface area contributed by atoms with Crippen molar-refractivity contribution in [3.63, 3.8) is 0 Å². The first-order chi connectivity index (χ1) is 12.5. The molecule has 1 unspecified atom stereocenters. The highest BCUT2D eigenvalue weighted by atomic mass is 32.2. The number of aromatic amines is 2. The van der Waals surface area contributed by atoms with Gasteiger partial charge in [-0.2, -0.15) is 4.31 Å². The highest BCUT2D eigenvalue weighted by molar-refractivity contribution is 7.89. The molecule has 26 heavy (non-hydrogen) atoms. The molecule has 4 rings (SSSR count). The summed E-state index contributed by atoms with van der Waals surface area (Å²) >= 11 is 0. The number of hydrogen-bond acceptors (Lipinski definition) is 5. The van der Waals surface area contributed by atoms with Crippen molar-refractivity contribution in [2.24, 2.45) is 0 Å². The molecular weight excluding hydrogens is 360 g/mol. The molecule has 2 aromatic rings. The second-order valence-corrected chi connectivity index (χ2v) is 8.39. The zero-order valence-electron chi connectivity index (χ0n) is 14.1. The Labute approximate surface area is 150 Å². The molecule has 0 saturated carbocycles. The predicted octanol–water partition coefficient (Wildman–Crippen LogP) is -0.132. The first-order valence-electron chi connectivity index (χ1n) is 8.57. The van der Waals surface area contributed by atoms with Crippen LogP contribution in [0.2, 0.25) is 0 Å². The molecule has 2 fully saturated rings. The molecule has 0 radical (unpaired) electrons. The summed E-state index contributed by atoms with van der Waals surface area (Å²) in [4.78, 5) is 31.1. The van der Waals surface area contributed by atoms with E-state index in [1.807, 2.05) is 0 Å². The van der Waals surface area contributed by atoms with E-state index in [1.165, 1.54) is 16.4 Å². The third-order valence-electron chi connectivity index (χ3n) is 4.91. The third kappa shape index (κ3) is 2.93. The quantitative estimate of drug-likeness (QED) is 0.769. The molecule has 1 atom stereocenters. The molecular formula is C16H20N4O5S. The van der Waals surface area contributed by atoms with Crippen molar-refractivity contribution in [2.45, 2.75) is 23.8 Å². The van der Waals surface area contributed by atoms with Crippen LogP contribution >= 0.6 is 0 Å². The largest absolute Gasteiger partial charge is 0.378 e. The average molecular weight is 380 g/mol. The zero-order chi connectivity index (χ0) is 18.3. The van der Waals surface area contributed by atoms with E-state index < -0.39 is 21.8 Å². The molecule has 10 heteroatoms. The van der Waals surface area contributed by atoms with Gasteiger partial charge >= 0.3 is 5.69 Å². The van der Waals surface area contributed by atoms with Gasteiger partial charge in [0.25, 0.3) is 0 Å². The van der Waals surface area contributed by atoms with Crippen LogP contribution in [-0.2, 0) is 19.6 Å². The number of fused-ring (bicyclic) bond motifs is 1. The van der Waals surface area contributed by atoms with Gasteiger partial charge in [-0.25, -0.2) is 13.2 Å². The van der Waals surface area contributed by atoms with Crippen molar-refractivity contribution in [3.05, 3.63) is 28.7 Å². The number of imidazole rings is 1. The van der Waals surface area contributed by atoms with E-state index in [-0.39, 0.29) is 10.8 Å². The summed E-state index contributed by atoms with van der Waals surface area (Å²) in [6.45, 7) is 2.23. The Hall–Kier alpha value is -2.17. The van der Waals surface area contributed by atoms with Gasteiger partial charge < -0.3 is 19.6 Å². The molecule has 1 amide bonds. The number of sulfonamides is 1. The Kier molecular flexibility index (Phi) is 4.33. The van der Waals surface area contributed by atoms with E-state index in [4.69, 9.17) is 4.74 Å². The molecule has 0 spiro atoms. The van der Waals surface area contributed by atoms with Crippen LogP contribution in [0.5, 0.6) is 0 Å². The summed E-state index contributed by atoms with van der Waals surface area (Å²) in [5.41, 5.74) is 0.568. The molecule has 0 aliphatic carbocycles. The van der Waals surface area contributed by atoms with Gasteiger partial charge in [0.15, 0.2) is 0 Å². The van der Waals surface area contributed by atoms with E-state index in [0.29, 0.717) is 56.7 Å². The van der Waals surface area contributed by atoms with E-state index in [0.717, 1.165) is 0 Å². The van der Waals surface area contributed by atoms with Crippen LogP contribution in [-0.4, -0.2) is 72.4 Å². The summed E-state index contributed by atoms with van der Waals surface area (Å²) < 4.78 is 32.8. The minimum Gasteiger partial charge on any atom is -0.378 e. The monoisotopic (exact) mass is 380 g/mol. The SMILES string of the molecule is O=C(C1CCCN1S(=O)(=O)c1ccc2[nH]c(=O)[nH]c2c1)N1CCOCC1. The number of ether oxygens (including phenoxy) is 1. The van der Waals surface area contributed by atoms with Crippen molar-refractivity contribution in [2.75, 3.05) is 32.8 Å². The fourth-order valence-corrected chi connectivity index (χ4v) is 5.25. The van der Waals surface area contributed by atoms with Crippen LogP contribution < -0.4 is 5.69 Å². The van der Waals surface area contributed by atoms with Crippen molar-refractivity contribution in [1.29, 1.82) is 0 Å². The number of hydrogen-bond donors (Lipinski definition) is 2. The second-order valence-electron chi connectivity index (χ2n) is 6.50. The number of aromatic nitrogens is 2. The van der Waals surface area contributed by atoms with Crippen LogP contribution in [0.25, 0.3) is 11.0 Å². The Bertz CT molecular complexity index is 989. The lowest BCUT2D eigenvalue weighted by Crippen LogP contribution is -2.50. The summed E-state index contributed by atoms with van der Waals surface area (Å²) in [6.07, 6.45) is 1.15. The van der Waals surface area contributed by atoms with Gasteiger partial charge in [-0.15, -0.1) is 0 Å². The van der Waals surface area contributed by atoms with Gasteiger partial charge in [0.2, 0.25) is 15.9 Å². The number of H-pyrrole nitrogens is 2. The molecule has 2 aliphatic rings. The number of benzene rings is 1. The Balaban J connectivity index is 1.64. The topological polar surface area (TPSA) is 116 Å². The number of carbonyl (C=O) groups excluding carboxylic acids is 1.